The quantitative estimate of drug-likeness (QED) is 0.645. The van der Waals surface area contributed by atoms with E-state index in [-0.39, 0.29) is 5.82 Å². The molecule has 2 heterocycles. The number of anilines is 1. The van der Waals surface area contributed by atoms with Crippen LogP contribution >= 0.6 is 0 Å². The van der Waals surface area contributed by atoms with Crippen molar-refractivity contribution in [3.05, 3.63) is 71.2 Å². The minimum Gasteiger partial charge on any atom is -0.348 e. The normalized spacial score (nSPS) is 15.9. The Kier molecular flexibility index (Phi) is 3.39. The number of nitrogens with zero attached hydrogens (tertiary/aromatic N) is 3. The largest absolute Gasteiger partial charge is 0.348 e. The number of aliphatic imine (C=N–C) groups is 1. The molecule has 126 valence electrons. The average Bonchev–Trinajstić information content (AvgIpc) is 2.58. The lowest BCUT2D eigenvalue weighted by Crippen LogP contribution is -2.44. The molecule has 0 spiro atoms. The highest BCUT2D eigenvalue weighted by Crippen LogP contribution is 2.36. The summed E-state index contributed by atoms with van der Waals surface area (Å²) in [6.45, 7) is 6.03. The third-order valence-electron chi connectivity index (χ3n) is 4.97. The first-order valence-electron chi connectivity index (χ1n) is 8.37. The number of halogens is 1. The first-order chi connectivity index (χ1) is 11.9. The molecule has 0 aliphatic carbocycles. The van der Waals surface area contributed by atoms with Crippen molar-refractivity contribution < 1.29 is 4.39 Å². The molecule has 3 nitrogen and oxygen atoms in total. The van der Waals surface area contributed by atoms with Crippen LogP contribution in [0.4, 0.5) is 10.1 Å². The Morgan fingerprint density at radius 3 is 2.64 bits per heavy atom. The van der Waals surface area contributed by atoms with E-state index in [1.165, 1.54) is 6.07 Å². The van der Waals surface area contributed by atoms with Gasteiger partial charge in [0.25, 0.3) is 0 Å². The molecule has 2 aromatic carbocycles. The summed E-state index contributed by atoms with van der Waals surface area (Å²) in [7, 11) is 1.88. The standard InChI is InChI=1S/C21H20FN3/c1-13-7-5-8-14-11-15(12-23-18(13)14)19-16-9-6-10-17(22)20(16)25(4)21(2,3)24-19/h5-12H,1-4H3. The summed E-state index contributed by atoms with van der Waals surface area (Å²) in [6, 6.07) is 13.4. The molecule has 3 aromatic rings. The number of hydrogen-bond donors (Lipinski definition) is 0. The molecule has 0 unspecified atom stereocenters. The highest BCUT2D eigenvalue weighted by Gasteiger charge is 2.33. The van der Waals surface area contributed by atoms with Crippen molar-refractivity contribution in [1.82, 2.24) is 4.98 Å². The lowest BCUT2D eigenvalue weighted by atomic mass is 9.95. The second kappa shape index (κ2) is 5.38. The van der Waals surface area contributed by atoms with Gasteiger partial charge in [-0.05, 0) is 38.5 Å². The minimum atomic E-state index is -0.536. The van der Waals surface area contributed by atoms with E-state index in [1.807, 2.05) is 50.2 Å². The smallest absolute Gasteiger partial charge is 0.147 e. The summed E-state index contributed by atoms with van der Waals surface area (Å²) >= 11 is 0. The van der Waals surface area contributed by atoms with Gasteiger partial charge in [0, 0.05) is 29.8 Å². The molecule has 0 radical (unpaired) electrons. The molecule has 1 aliphatic heterocycles. The molecule has 0 saturated heterocycles. The van der Waals surface area contributed by atoms with Gasteiger partial charge in [-0.25, -0.2) is 4.39 Å². The van der Waals surface area contributed by atoms with Gasteiger partial charge in [0.2, 0.25) is 0 Å². The van der Waals surface area contributed by atoms with Crippen molar-refractivity contribution in [2.24, 2.45) is 4.99 Å². The van der Waals surface area contributed by atoms with Crippen molar-refractivity contribution in [1.29, 1.82) is 0 Å². The Morgan fingerprint density at radius 2 is 1.84 bits per heavy atom. The number of aryl methyl sites for hydroxylation is 1. The zero-order valence-electron chi connectivity index (χ0n) is 14.8. The summed E-state index contributed by atoms with van der Waals surface area (Å²) in [5.74, 6) is -0.231. The summed E-state index contributed by atoms with van der Waals surface area (Å²) in [6.07, 6.45) is 1.84. The van der Waals surface area contributed by atoms with E-state index in [4.69, 9.17) is 4.99 Å². The molecule has 0 amide bonds. The van der Waals surface area contributed by atoms with Gasteiger partial charge in [-0.3, -0.25) is 9.98 Å². The fourth-order valence-corrected chi connectivity index (χ4v) is 3.39. The second-order valence-electron chi connectivity index (χ2n) is 7.02. The molecule has 0 saturated carbocycles. The van der Waals surface area contributed by atoms with Crippen molar-refractivity contribution in [3.63, 3.8) is 0 Å². The van der Waals surface area contributed by atoms with E-state index >= 15 is 0 Å². The van der Waals surface area contributed by atoms with Crippen molar-refractivity contribution in [2.45, 2.75) is 26.4 Å². The van der Waals surface area contributed by atoms with Crippen LogP contribution in [0.3, 0.4) is 0 Å². The second-order valence-corrected chi connectivity index (χ2v) is 7.02. The number of aromatic nitrogens is 1. The summed E-state index contributed by atoms with van der Waals surface area (Å²) in [5, 5.41) is 1.06. The van der Waals surface area contributed by atoms with Gasteiger partial charge < -0.3 is 4.90 Å². The third kappa shape index (κ3) is 2.40. The molecular weight excluding hydrogens is 313 g/mol. The number of hydrogen-bond acceptors (Lipinski definition) is 3. The van der Waals surface area contributed by atoms with Crippen LogP contribution in [0.5, 0.6) is 0 Å². The molecular formula is C21H20FN3. The van der Waals surface area contributed by atoms with Crippen LogP contribution in [0, 0.1) is 12.7 Å². The van der Waals surface area contributed by atoms with E-state index in [9.17, 15) is 4.39 Å². The maximum atomic E-state index is 14.5. The van der Waals surface area contributed by atoms with Crippen molar-refractivity contribution >= 4 is 22.3 Å². The van der Waals surface area contributed by atoms with Gasteiger partial charge in [-0.2, -0.15) is 0 Å². The zero-order chi connectivity index (χ0) is 17.8. The average molecular weight is 333 g/mol. The van der Waals surface area contributed by atoms with Crippen molar-refractivity contribution in [2.75, 3.05) is 11.9 Å². The fourth-order valence-electron chi connectivity index (χ4n) is 3.39. The Hall–Kier alpha value is -2.75. The van der Waals surface area contributed by atoms with Gasteiger partial charge in [-0.15, -0.1) is 0 Å². The van der Waals surface area contributed by atoms with Crippen LogP contribution in [-0.4, -0.2) is 23.4 Å². The van der Waals surface area contributed by atoms with Gasteiger partial charge in [0.1, 0.15) is 11.5 Å². The molecule has 4 heteroatoms. The van der Waals surface area contributed by atoms with Crippen LogP contribution in [-0.2, 0) is 0 Å². The number of para-hydroxylation sites is 2. The Morgan fingerprint density at radius 1 is 1.08 bits per heavy atom. The van der Waals surface area contributed by atoms with E-state index in [0.29, 0.717) is 5.69 Å². The zero-order valence-corrected chi connectivity index (χ0v) is 14.8. The van der Waals surface area contributed by atoms with E-state index in [0.717, 1.165) is 33.3 Å². The molecule has 0 atom stereocenters. The fraction of sp³-hybridized carbons (Fsp3) is 0.238. The summed E-state index contributed by atoms with van der Waals surface area (Å²) < 4.78 is 14.5. The Bertz CT molecular complexity index is 1020. The minimum absolute atomic E-state index is 0.231. The lowest BCUT2D eigenvalue weighted by Gasteiger charge is -2.40. The number of rotatable bonds is 1. The van der Waals surface area contributed by atoms with E-state index in [2.05, 4.69) is 24.0 Å². The van der Waals surface area contributed by atoms with Crippen LogP contribution in [0.2, 0.25) is 0 Å². The molecule has 0 N–H and O–H groups in total. The highest BCUT2D eigenvalue weighted by atomic mass is 19.1. The Labute approximate surface area is 146 Å². The molecule has 1 aromatic heterocycles. The predicted molar refractivity (Wildman–Crippen MR) is 101 cm³/mol. The number of fused-ring (bicyclic) bond motifs is 2. The highest BCUT2D eigenvalue weighted by molar-refractivity contribution is 6.18. The van der Waals surface area contributed by atoms with Crippen LogP contribution < -0.4 is 4.90 Å². The Balaban J connectivity index is 1.97. The SMILES string of the molecule is Cc1cccc2cc(C3=NC(C)(C)N(C)c4c(F)cccc43)cnc12. The summed E-state index contributed by atoms with van der Waals surface area (Å²) in [4.78, 5) is 11.4. The molecule has 1 aliphatic rings. The molecule has 0 fully saturated rings. The number of pyridine rings is 1. The van der Waals surface area contributed by atoms with Gasteiger partial charge in [0.05, 0.1) is 16.9 Å². The topological polar surface area (TPSA) is 28.5 Å². The van der Waals surface area contributed by atoms with E-state index in [1.54, 1.807) is 6.07 Å². The number of benzene rings is 2. The van der Waals surface area contributed by atoms with Gasteiger partial charge in [0.15, 0.2) is 0 Å². The molecule has 25 heavy (non-hydrogen) atoms. The molecule has 0 bridgehead atoms. The van der Waals surface area contributed by atoms with Gasteiger partial charge in [-0.1, -0.05) is 30.3 Å². The lowest BCUT2D eigenvalue weighted by molar-refractivity contribution is 0.494. The molecule has 4 rings (SSSR count). The predicted octanol–water partition coefficient (Wildman–Crippen LogP) is 4.71. The third-order valence-corrected chi connectivity index (χ3v) is 4.97. The maximum absolute atomic E-state index is 14.5. The van der Waals surface area contributed by atoms with Crippen molar-refractivity contribution in [3.8, 4) is 0 Å². The maximum Gasteiger partial charge on any atom is 0.147 e. The van der Waals surface area contributed by atoms with Crippen LogP contribution in [0.15, 0.2) is 53.7 Å². The first-order valence-corrected chi connectivity index (χ1v) is 8.37. The van der Waals surface area contributed by atoms with E-state index < -0.39 is 5.66 Å². The van der Waals surface area contributed by atoms with Gasteiger partial charge >= 0.3 is 0 Å². The monoisotopic (exact) mass is 333 g/mol. The van der Waals surface area contributed by atoms with Crippen LogP contribution in [0.25, 0.3) is 10.9 Å². The summed E-state index contributed by atoms with van der Waals surface area (Å²) in [5.41, 5.74) is 4.67. The van der Waals surface area contributed by atoms with Crippen LogP contribution in [0.1, 0.15) is 30.5 Å². The first kappa shape index (κ1) is 15.8.